The Labute approximate surface area is 160 Å². The summed E-state index contributed by atoms with van der Waals surface area (Å²) in [7, 11) is 1.98. The molecule has 0 aromatic heterocycles. The molecule has 7 nitrogen and oxygen atoms in total. The number of rotatable bonds is 7. The zero-order chi connectivity index (χ0) is 20.7. The summed E-state index contributed by atoms with van der Waals surface area (Å²) in [4.78, 5) is 28.2. The maximum absolute atomic E-state index is 12.5. The average Bonchev–Trinajstić information content (AvgIpc) is 2.62. The highest BCUT2D eigenvalue weighted by molar-refractivity contribution is 5.97. The summed E-state index contributed by atoms with van der Waals surface area (Å²) < 4.78 is 46.8. The van der Waals surface area contributed by atoms with Crippen molar-refractivity contribution >= 4 is 17.6 Å². The number of amides is 1. The Hall–Kier alpha value is -2.59. The number of ether oxygens (including phenoxy) is 2. The first kappa shape index (κ1) is 21.7. The van der Waals surface area contributed by atoms with Crippen LogP contribution in [0.3, 0.4) is 0 Å². The molecule has 1 aromatic carbocycles. The molecule has 0 spiro atoms. The van der Waals surface area contributed by atoms with Gasteiger partial charge in [0.25, 0.3) is 0 Å². The third-order valence-corrected chi connectivity index (χ3v) is 4.03. The fourth-order valence-corrected chi connectivity index (χ4v) is 2.58. The number of hydrogen-bond acceptors (Lipinski definition) is 6. The van der Waals surface area contributed by atoms with Gasteiger partial charge in [0.05, 0.1) is 24.1 Å². The molecule has 0 atom stereocenters. The van der Waals surface area contributed by atoms with Crippen LogP contribution in [0.2, 0.25) is 0 Å². The van der Waals surface area contributed by atoms with E-state index in [0.29, 0.717) is 13.1 Å². The number of esters is 1. The Balaban J connectivity index is 2.12. The monoisotopic (exact) mass is 401 g/mol. The highest BCUT2D eigenvalue weighted by Gasteiger charge is 2.29. The topological polar surface area (TPSA) is 71.1 Å². The van der Waals surface area contributed by atoms with Crippen molar-refractivity contribution in [2.75, 3.05) is 51.7 Å². The molecule has 1 amide bonds. The van der Waals surface area contributed by atoms with Crippen LogP contribution < -0.4 is 10.1 Å². The maximum Gasteiger partial charge on any atom is 0.422 e. The fourth-order valence-electron chi connectivity index (χ4n) is 2.58. The van der Waals surface area contributed by atoms with Gasteiger partial charge in [0, 0.05) is 26.2 Å². The van der Waals surface area contributed by atoms with Crippen LogP contribution in [0, 0.1) is 0 Å². The molecule has 1 heterocycles. The second-order valence-corrected chi connectivity index (χ2v) is 6.31. The van der Waals surface area contributed by atoms with E-state index < -0.39 is 24.7 Å². The smallest absolute Gasteiger partial charge is 0.422 e. The zero-order valence-electron chi connectivity index (χ0n) is 15.4. The Bertz CT molecular complexity index is 717. The summed E-state index contributed by atoms with van der Waals surface area (Å²) in [6.07, 6.45) is -3.61. The zero-order valence-corrected chi connectivity index (χ0v) is 15.4. The van der Waals surface area contributed by atoms with Gasteiger partial charge in [-0.05, 0) is 25.2 Å². The molecule has 0 bridgehead atoms. The molecule has 1 fully saturated rings. The summed E-state index contributed by atoms with van der Waals surface area (Å²) in [5.41, 5.74) is -0.00366. The van der Waals surface area contributed by atoms with Crippen molar-refractivity contribution in [2.24, 2.45) is 0 Å². The van der Waals surface area contributed by atoms with Gasteiger partial charge in [-0.25, -0.2) is 4.79 Å². The summed E-state index contributed by atoms with van der Waals surface area (Å²) in [5.74, 6) is -1.37. The number of carbonyl (C=O) groups is 2. The van der Waals surface area contributed by atoms with Gasteiger partial charge in [0.15, 0.2) is 6.61 Å². The number of carbonyl (C=O) groups excluding carboxylic acids is 2. The van der Waals surface area contributed by atoms with Crippen LogP contribution >= 0.6 is 0 Å². The Morgan fingerprint density at radius 2 is 1.93 bits per heavy atom. The summed E-state index contributed by atoms with van der Waals surface area (Å²) in [5, 5.41) is 2.52. The number of hydrogen-bond donors (Lipinski definition) is 1. The van der Waals surface area contributed by atoms with Gasteiger partial charge in [0.1, 0.15) is 5.75 Å². The van der Waals surface area contributed by atoms with Crippen molar-refractivity contribution in [3.63, 3.8) is 0 Å². The van der Waals surface area contributed by atoms with Gasteiger partial charge < -0.3 is 19.7 Å². The molecule has 2 rings (SSSR count). The van der Waals surface area contributed by atoms with Crippen LogP contribution in [-0.2, 0) is 9.53 Å². The number of likely N-dealkylation sites (N-methyl/N-ethyl adjacent to an activating group) is 1. The van der Waals surface area contributed by atoms with Crippen LogP contribution in [0.1, 0.15) is 10.4 Å². The van der Waals surface area contributed by atoms with Crippen LogP contribution in [0.4, 0.5) is 18.9 Å². The van der Waals surface area contributed by atoms with E-state index in [1.54, 1.807) is 0 Å². The summed E-state index contributed by atoms with van der Waals surface area (Å²) in [6, 6.07) is 3.63. The fraction of sp³-hybridized carbons (Fsp3) is 0.444. The SMILES string of the molecule is C=COC(=O)c1ccc(OCC(F)(F)F)c(NC(=O)CN2CCN(C)CC2)c1. The van der Waals surface area contributed by atoms with Gasteiger partial charge in [0.2, 0.25) is 5.91 Å². The molecule has 1 saturated heterocycles. The lowest BCUT2D eigenvalue weighted by Gasteiger charge is -2.31. The average molecular weight is 401 g/mol. The van der Waals surface area contributed by atoms with E-state index >= 15 is 0 Å². The summed E-state index contributed by atoms with van der Waals surface area (Å²) in [6.45, 7) is 4.86. The first-order valence-electron chi connectivity index (χ1n) is 8.54. The second-order valence-electron chi connectivity index (χ2n) is 6.31. The predicted molar refractivity (Wildman–Crippen MR) is 96.2 cm³/mol. The lowest BCUT2D eigenvalue weighted by Crippen LogP contribution is -2.47. The highest BCUT2D eigenvalue weighted by Crippen LogP contribution is 2.28. The van der Waals surface area contributed by atoms with Crippen LogP contribution in [0.25, 0.3) is 0 Å². The van der Waals surface area contributed by atoms with E-state index in [1.807, 2.05) is 11.9 Å². The van der Waals surface area contributed by atoms with Crippen LogP contribution in [-0.4, -0.2) is 74.2 Å². The van der Waals surface area contributed by atoms with E-state index in [4.69, 9.17) is 4.74 Å². The van der Waals surface area contributed by atoms with E-state index in [2.05, 4.69) is 21.5 Å². The van der Waals surface area contributed by atoms with E-state index in [9.17, 15) is 22.8 Å². The Kier molecular flexibility index (Phi) is 7.41. The van der Waals surface area contributed by atoms with Crippen molar-refractivity contribution in [1.29, 1.82) is 0 Å². The maximum atomic E-state index is 12.5. The number of piperazine rings is 1. The molecule has 28 heavy (non-hydrogen) atoms. The lowest BCUT2D eigenvalue weighted by molar-refractivity contribution is -0.153. The molecule has 1 N–H and O–H groups in total. The van der Waals surface area contributed by atoms with Gasteiger partial charge in [-0.15, -0.1) is 0 Å². The molecule has 1 aromatic rings. The number of benzene rings is 1. The molecule has 1 aliphatic heterocycles. The minimum absolute atomic E-state index is 0.0363. The van der Waals surface area contributed by atoms with Crippen molar-refractivity contribution in [3.8, 4) is 5.75 Å². The van der Waals surface area contributed by atoms with Crippen molar-refractivity contribution in [1.82, 2.24) is 9.80 Å². The van der Waals surface area contributed by atoms with Crippen LogP contribution in [0.5, 0.6) is 5.75 Å². The largest absolute Gasteiger partial charge is 0.482 e. The number of anilines is 1. The minimum Gasteiger partial charge on any atom is -0.482 e. The molecule has 1 aliphatic rings. The number of halogens is 3. The molecule has 154 valence electrons. The number of alkyl halides is 3. The lowest BCUT2D eigenvalue weighted by atomic mass is 10.2. The molecule has 0 saturated carbocycles. The van der Waals surface area contributed by atoms with E-state index in [0.717, 1.165) is 19.4 Å². The first-order valence-corrected chi connectivity index (χ1v) is 8.54. The standard InChI is InChI=1S/C18H22F3N3O4/c1-3-27-17(26)13-4-5-15(28-12-18(19,20)21)14(10-13)22-16(25)11-24-8-6-23(2)7-9-24/h3-5,10H,1,6-9,11-12H2,2H3,(H,22,25). The normalized spacial score (nSPS) is 15.7. The predicted octanol–water partition coefficient (Wildman–Crippen LogP) is 2.11. The highest BCUT2D eigenvalue weighted by atomic mass is 19.4. The molecule has 0 aliphatic carbocycles. The quantitative estimate of drug-likeness (QED) is 0.558. The second kappa shape index (κ2) is 9.56. The van der Waals surface area contributed by atoms with E-state index in [1.165, 1.54) is 18.2 Å². The number of nitrogens with zero attached hydrogens (tertiary/aromatic N) is 2. The Morgan fingerprint density at radius 1 is 1.25 bits per heavy atom. The van der Waals surface area contributed by atoms with Crippen molar-refractivity contribution in [3.05, 3.63) is 36.6 Å². The van der Waals surface area contributed by atoms with Gasteiger partial charge in [-0.1, -0.05) is 6.58 Å². The van der Waals surface area contributed by atoms with Gasteiger partial charge >= 0.3 is 12.1 Å². The number of nitrogens with one attached hydrogen (secondary N) is 1. The molecule has 0 radical (unpaired) electrons. The van der Waals surface area contributed by atoms with Gasteiger partial charge in [-0.2, -0.15) is 13.2 Å². The summed E-state index contributed by atoms with van der Waals surface area (Å²) >= 11 is 0. The third-order valence-electron chi connectivity index (χ3n) is 4.03. The van der Waals surface area contributed by atoms with Crippen molar-refractivity contribution < 1.29 is 32.2 Å². The minimum atomic E-state index is -4.54. The molecular weight excluding hydrogens is 379 g/mol. The van der Waals surface area contributed by atoms with Gasteiger partial charge in [-0.3, -0.25) is 9.69 Å². The molecule has 10 heteroatoms. The molecular formula is C18H22F3N3O4. The third kappa shape index (κ3) is 6.86. The van der Waals surface area contributed by atoms with Crippen molar-refractivity contribution in [2.45, 2.75) is 6.18 Å². The van der Waals surface area contributed by atoms with Crippen LogP contribution in [0.15, 0.2) is 31.0 Å². The van der Waals surface area contributed by atoms with E-state index in [-0.39, 0.29) is 23.5 Å². The first-order chi connectivity index (χ1) is 13.2. The molecule has 0 unspecified atom stereocenters. The Morgan fingerprint density at radius 3 is 2.54 bits per heavy atom.